The van der Waals surface area contributed by atoms with Crippen molar-refractivity contribution >= 4 is 46.9 Å². The second kappa shape index (κ2) is 13.6. The van der Waals surface area contributed by atoms with Gasteiger partial charge in [-0.1, -0.05) is 23.7 Å². The molecule has 2 N–H and O–H groups in total. The van der Waals surface area contributed by atoms with E-state index in [1.165, 1.54) is 36.8 Å². The number of ether oxygens (including phenoxy) is 1. The number of pyridine rings is 2. The topological polar surface area (TPSA) is 104 Å². The molecule has 0 unspecified atom stereocenters. The summed E-state index contributed by atoms with van der Waals surface area (Å²) in [6, 6.07) is 14.1. The zero-order chi connectivity index (χ0) is 32.3. The molecule has 7 rings (SSSR count). The second-order valence-corrected chi connectivity index (χ2v) is 13.7. The van der Waals surface area contributed by atoms with Crippen LogP contribution in [0.4, 0.5) is 22.0 Å². The highest BCUT2D eigenvalue weighted by Crippen LogP contribution is 2.42. The third kappa shape index (κ3) is 8.28. The summed E-state index contributed by atoms with van der Waals surface area (Å²) < 4.78 is 7.69. The molecule has 2 aliphatic carbocycles. The minimum absolute atomic E-state index is 0.254. The summed E-state index contributed by atoms with van der Waals surface area (Å²) >= 11 is 5.82. The smallest absolute Gasteiger partial charge is 0.410 e. The minimum atomic E-state index is -0.498. The zero-order valence-electron chi connectivity index (χ0n) is 26.7. The van der Waals surface area contributed by atoms with Crippen LogP contribution in [-0.4, -0.2) is 63.6 Å². The van der Waals surface area contributed by atoms with Gasteiger partial charge in [0.15, 0.2) is 5.65 Å². The second-order valence-electron chi connectivity index (χ2n) is 13.2. The van der Waals surface area contributed by atoms with E-state index in [1.807, 2.05) is 39.0 Å². The van der Waals surface area contributed by atoms with E-state index in [-0.39, 0.29) is 6.09 Å². The minimum Gasteiger partial charge on any atom is -0.444 e. The van der Waals surface area contributed by atoms with Crippen molar-refractivity contribution in [1.29, 1.82) is 0 Å². The van der Waals surface area contributed by atoms with Crippen molar-refractivity contribution in [3.05, 3.63) is 82.9 Å². The Hall–Kier alpha value is -4.31. The van der Waals surface area contributed by atoms with Crippen LogP contribution in [0.25, 0.3) is 5.65 Å². The first kappa shape index (κ1) is 31.7. The average molecular weight is 644 g/mol. The fraction of sp³-hybridized carbons (Fsp3) is 0.429. The fourth-order valence-electron chi connectivity index (χ4n) is 5.62. The van der Waals surface area contributed by atoms with Gasteiger partial charge in [-0.25, -0.2) is 14.8 Å². The highest BCUT2D eigenvalue weighted by Gasteiger charge is 2.29. The number of amides is 2. The molecule has 3 aromatic heterocycles. The molecular weight excluding hydrogens is 602 g/mol. The third-order valence-corrected chi connectivity index (χ3v) is 8.50. The summed E-state index contributed by atoms with van der Waals surface area (Å²) in [5.41, 5.74) is 6.04. The molecule has 4 heterocycles. The van der Waals surface area contributed by atoms with Gasteiger partial charge in [-0.15, -0.1) is 0 Å². The number of hydrogen-bond acceptors (Lipinski definition) is 7. The number of piperazine rings is 1. The molecule has 10 nitrogen and oxygen atoms in total. The first-order chi connectivity index (χ1) is 22.1. The van der Waals surface area contributed by atoms with Crippen LogP contribution in [-0.2, 0) is 16.1 Å². The Bertz CT molecular complexity index is 1690. The molecule has 46 heavy (non-hydrogen) atoms. The largest absolute Gasteiger partial charge is 0.444 e. The lowest BCUT2D eigenvalue weighted by Crippen LogP contribution is -2.50. The van der Waals surface area contributed by atoms with Crippen molar-refractivity contribution in [3.8, 4) is 0 Å². The van der Waals surface area contributed by atoms with Crippen LogP contribution in [0.15, 0.2) is 61.1 Å². The van der Waals surface area contributed by atoms with Gasteiger partial charge in [-0.3, -0.25) is 4.79 Å². The van der Waals surface area contributed by atoms with Crippen LogP contribution in [0, 0.1) is 0 Å². The molecule has 0 atom stereocenters. The lowest BCUT2D eigenvalue weighted by Gasteiger charge is -2.37. The predicted octanol–water partition coefficient (Wildman–Crippen LogP) is 7.06. The Kier molecular flexibility index (Phi) is 9.35. The summed E-state index contributed by atoms with van der Waals surface area (Å²) in [7, 11) is 0. The van der Waals surface area contributed by atoms with E-state index in [0.717, 1.165) is 46.7 Å². The van der Waals surface area contributed by atoms with Crippen LogP contribution >= 0.6 is 11.6 Å². The van der Waals surface area contributed by atoms with Gasteiger partial charge in [0, 0.05) is 61.5 Å². The van der Waals surface area contributed by atoms with Crippen LogP contribution in [0.3, 0.4) is 0 Å². The van der Waals surface area contributed by atoms with E-state index < -0.39 is 5.60 Å². The number of rotatable bonds is 8. The Morgan fingerprint density at radius 1 is 1.00 bits per heavy atom. The third-order valence-electron chi connectivity index (χ3n) is 8.26. The standard InChI is InChI=1S/C26H33N7O3.C9H9Cl/c1-26(2,3)36-25(35)32-10-8-31(9-11-32)22-12-19(18-4-5-18)15-33-16-21(30-24(22)33)14-28-20-6-7-27-23(13-20)29-17-34;10-9-3-1-2-8(6-9)7-4-5-7/h6-7,12-13,15-18H,4-5,8-11,14H2,1-3H3,(H2,27,28,29,34);1-3,6-7H,4-5H2. The van der Waals surface area contributed by atoms with E-state index in [2.05, 4.69) is 55.5 Å². The van der Waals surface area contributed by atoms with Gasteiger partial charge in [-0.2, -0.15) is 0 Å². The highest BCUT2D eigenvalue weighted by molar-refractivity contribution is 6.30. The van der Waals surface area contributed by atoms with Crippen LogP contribution < -0.4 is 15.5 Å². The average Bonchev–Trinajstić information content (AvgIpc) is 3.97. The SMILES string of the molecule is CC(C)(C)OC(=O)N1CCN(c2cc(C3CC3)cn3cc(CNc4ccnc(NC=O)c4)nc23)CC1.Clc1cccc(C2CC2)c1. The number of halogens is 1. The summed E-state index contributed by atoms with van der Waals surface area (Å²) in [5.74, 6) is 1.92. The predicted molar refractivity (Wildman–Crippen MR) is 182 cm³/mol. The van der Waals surface area contributed by atoms with Gasteiger partial charge in [-0.05, 0) is 93.7 Å². The molecule has 0 radical (unpaired) electrons. The molecule has 4 aromatic rings. The molecule has 1 saturated heterocycles. The molecule has 0 bridgehead atoms. The fourth-order valence-corrected chi connectivity index (χ4v) is 5.82. The van der Waals surface area contributed by atoms with E-state index in [4.69, 9.17) is 21.3 Å². The molecule has 0 spiro atoms. The number of aromatic nitrogens is 3. The Morgan fingerprint density at radius 3 is 2.41 bits per heavy atom. The summed E-state index contributed by atoms with van der Waals surface area (Å²) in [6.07, 6.45) is 11.4. The number of anilines is 3. The molecule has 3 fully saturated rings. The number of hydrogen-bond donors (Lipinski definition) is 2. The molecule has 242 valence electrons. The lowest BCUT2D eigenvalue weighted by atomic mass is 10.1. The maximum absolute atomic E-state index is 12.5. The number of imidazole rings is 1. The van der Waals surface area contributed by atoms with Crippen molar-refractivity contribution < 1.29 is 14.3 Å². The maximum Gasteiger partial charge on any atom is 0.410 e. The normalized spacial score (nSPS) is 16.4. The maximum atomic E-state index is 12.5. The Labute approximate surface area is 275 Å². The molecule has 1 aromatic carbocycles. The van der Waals surface area contributed by atoms with Gasteiger partial charge in [0.25, 0.3) is 0 Å². The number of benzene rings is 1. The van der Waals surface area contributed by atoms with Crippen molar-refractivity contribution in [2.24, 2.45) is 0 Å². The van der Waals surface area contributed by atoms with Gasteiger partial charge in [0.2, 0.25) is 6.41 Å². The first-order valence-electron chi connectivity index (χ1n) is 16.0. The number of nitrogens with one attached hydrogen (secondary N) is 2. The molecule has 1 aliphatic heterocycles. The van der Waals surface area contributed by atoms with E-state index in [9.17, 15) is 9.59 Å². The summed E-state index contributed by atoms with van der Waals surface area (Å²) in [5, 5.41) is 6.79. The zero-order valence-corrected chi connectivity index (χ0v) is 27.5. The first-order valence-corrected chi connectivity index (χ1v) is 16.4. The monoisotopic (exact) mass is 643 g/mol. The van der Waals surface area contributed by atoms with Crippen molar-refractivity contribution in [1.82, 2.24) is 19.3 Å². The number of carbonyl (C=O) groups is 2. The van der Waals surface area contributed by atoms with E-state index in [1.54, 1.807) is 17.2 Å². The van der Waals surface area contributed by atoms with Crippen LogP contribution in [0.1, 0.15) is 75.1 Å². The van der Waals surface area contributed by atoms with E-state index >= 15 is 0 Å². The van der Waals surface area contributed by atoms with Crippen molar-refractivity contribution in [2.75, 3.05) is 41.7 Å². The van der Waals surface area contributed by atoms with E-state index in [0.29, 0.717) is 37.8 Å². The molecular formula is C35H42ClN7O3. The molecule has 3 aliphatic rings. The van der Waals surface area contributed by atoms with Gasteiger partial charge in [0.05, 0.1) is 17.9 Å². The number of carbonyl (C=O) groups excluding carboxylic acids is 2. The lowest BCUT2D eigenvalue weighted by molar-refractivity contribution is -0.105. The van der Waals surface area contributed by atoms with Crippen molar-refractivity contribution in [3.63, 3.8) is 0 Å². The van der Waals surface area contributed by atoms with Crippen LogP contribution in [0.2, 0.25) is 5.02 Å². The number of fused-ring (bicyclic) bond motifs is 1. The summed E-state index contributed by atoms with van der Waals surface area (Å²) in [4.78, 5) is 36.4. The Balaban J connectivity index is 0.000000314. The summed E-state index contributed by atoms with van der Waals surface area (Å²) in [6.45, 7) is 8.90. The van der Waals surface area contributed by atoms with Crippen molar-refractivity contribution in [2.45, 2.75) is 70.4 Å². The molecule has 11 heteroatoms. The van der Waals surface area contributed by atoms with Gasteiger partial charge in [0.1, 0.15) is 11.4 Å². The quantitative estimate of drug-likeness (QED) is 0.198. The van der Waals surface area contributed by atoms with Gasteiger partial charge < -0.3 is 29.6 Å². The Morgan fingerprint density at radius 2 is 1.74 bits per heavy atom. The number of nitrogens with zero attached hydrogens (tertiary/aromatic N) is 5. The molecule has 2 saturated carbocycles. The molecule has 2 amide bonds. The van der Waals surface area contributed by atoms with Crippen LogP contribution in [0.5, 0.6) is 0 Å². The highest BCUT2D eigenvalue weighted by atomic mass is 35.5. The van der Waals surface area contributed by atoms with Gasteiger partial charge >= 0.3 is 6.09 Å².